The van der Waals surface area contributed by atoms with Crippen LogP contribution in [-0.2, 0) is 11.8 Å². The molecule has 1 aromatic heterocycles. The molecule has 1 rings (SSSR count). The normalized spacial score (nSPS) is 10.0. The van der Waals surface area contributed by atoms with Gasteiger partial charge in [-0.1, -0.05) is 0 Å². The standard InChI is InChI=1S/C7H11N3O3/c1-3-13-7(12)5-4(8)6(11)10(2)9-5/h9H,3,8H2,1-2H3. The Balaban J connectivity index is 3.09. The minimum absolute atomic E-state index is 0.00866. The summed E-state index contributed by atoms with van der Waals surface area (Å²) in [4.78, 5) is 22.2. The molecule has 72 valence electrons. The van der Waals surface area contributed by atoms with Crippen LogP contribution in [0.5, 0.6) is 0 Å². The summed E-state index contributed by atoms with van der Waals surface area (Å²) in [6, 6.07) is 0. The highest BCUT2D eigenvalue weighted by Crippen LogP contribution is 2.03. The number of aromatic amines is 1. The first-order valence-corrected chi connectivity index (χ1v) is 3.79. The van der Waals surface area contributed by atoms with Gasteiger partial charge in [-0.05, 0) is 6.92 Å². The average Bonchev–Trinajstić information content (AvgIpc) is 2.33. The Morgan fingerprint density at radius 3 is 2.69 bits per heavy atom. The number of nitrogens with two attached hydrogens (primary N) is 1. The van der Waals surface area contributed by atoms with Crippen molar-refractivity contribution in [2.75, 3.05) is 12.3 Å². The van der Waals surface area contributed by atoms with E-state index in [0.717, 1.165) is 4.68 Å². The first-order chi connectivity index (χ1) is 6.07. The van der Waals surface area contributed by atoms with Crippen molar-refractivity contribution in [2.24, 2.45) is 7.05 Å². The van der Waals surface area contributed by atoms with Gasteiger partial charge in [-0.2, -0.15) is 0 Å². The van der Waals surface area contributed by atoms with E-state index in [1.165, 1.54) is 7.05 Å². The number of aryl methyl sites for hydroxylation is 1. The zero-order valence-corrected chi connectivity index (χ0v) is 7.46. The summed E-state index contributed by atoms with van der Waals surface area (Å²) in [6.45, 7) is 1.92. The van der Waals surface area contributed by atoms with Gasteiger partial charge in [0.1, 0.15) is 5.69 Å². The SMILES string of the molecule is CCOC(=O)c1[nH]n(C)c(=O)c1N. The molecule has 0 fully saturated rings. The number of esters is 1. The van der Waals surface area contributed by atoms with Crippen molar-refractivity contribution in [3.05, 3.63) is 16.0 Å². The highest BCUT2D eigenvalue weighted by Gasteiger charge is 2.16. The van der Waals surface area contributed by atoms with Crippen molar-refractivity contribution in [1.82, 2.24) is 9.78 Å². The Bertz CT molecular complexity index is 377. The molecule has 13 heavy (non-hydrogen) atoms. The number of H-pyrrole nitrogens is 1. The summed E-state index contributed by atoms with van der Waals surface area (Å²) >= 11 is 0. The third-order valence-electron chi connectivity index (χ3n) is 1.56. The van der Waals surface area contributed by atoms with Gasteiger partial charge in [0.15, 0.2) is 5.69 Å². The molecule has 0 amide bonds. The van der Waals surface area contributed by atoms with Crippen molar-refractivity contribution < 1.29 is 9.53 Å². The number of carbonyl (C=O) groups excluding carboxylic acids is 1. The molecule has 6 heteroatoms. The van der Waals surface area contributed by atoms with Gasteiger partial charge in [-0.25, -0.2) is 4.79 Å². The number of nitrogen functional groups attached to an aromatic ring is 1. The van der Waals surface area contributed by atoms with E-state index in [1.807, 2.05) is 0 Å². The smallest absolute Gasteiger partial charge is 0.358 e. The second-order valence-corrected chi connectivity index (χ2v) is 2.49. The molecule has 0 atom stereocenters. The molecule has 0 aromatic carbocycles. The fraction of sp³-hybridized carbons (Fsp3) is 0.429. The number of nitrogens with one attached hydrogen (secondary N) is 1. The van der Waals surface area contributed by atoms with Gasteiger partial charge >= 0.3 is 5.97 Å². The van der Waals surface area contributed by atoms with Crippen LogP contribution in [0.2, 0.25) is 0 Å². The Morgan fingerprint density at radius 2 is 2.31 bits per heavy atom. The summed E-state index contributed by atoms with van der Waals surface area (Å²) in [7, 11) is 1.47. The maximum Gasteiger partial charge on any atom is 0.358 e. The van der Waals surface area contributed by atoms with Crippen molar-refractivity contribution >= 4 is 11.7 Å². The van der Waals surface area contributed by atoms with Crippen LogP contribution in [0.15, 0.2) is 4.79 Å². The Kier molecular flexibility index (Phi) is 2.41. The Morgan fingerprint density at radius 1 is 1.69 bits per heavy atom. The number of ether oxygens (including phenoxy) is 1. The van der Waals surface area contributed by atoms with Crippen LogP contribution in [0.4, 0.5) is 5.69 Å². The molecule has 0 unspecified atom stereocenters. The van der Waals surface area contributed by atoms with Crippen molar-refractivity contribution in [2.45, 2.75) is 6.92 Å². The second kappa shape index (κ2) is 3.34. The lowest BCUT2D eigenvalue weighted by Crippen LogP contribution is -2.14. The van der Waals surface area contributed by atoms with E-state index < -0.39 is 11.5 Å². The minimum Gasteiger partial charge on any atom is -0.461 e. The van der Waals surface area contributed by atoms with Crippen LogP contribution in [0.3, 0.4) is 0 Å². The number of rotatable bonds is 2. The Hall–Kier alpha value is -1.72. The monoisotopic (exact) mass is 185 g/mol. The van der Waals surface area contributed by atoms with Crippen LogP contribution in [0, 0.1) is 0 Å². The van der Waals surface area contributed by atoms with Crippen molar-refractivity contribution in [3.8, 4) is 0 Å². The zero-order chi connectivity index (χ0) is 10.0. The number of hydrogen-bond donors (Lipinski definition) is 2. The fourth-order valence-electron chi connectivity index (χ4n) is 0.925. The van der Waals surface area contributed by atoms with E-state index in [1.54, 1.807) is 6.92 Å². The number of aromatic nitrogens is 2. The predicted molar refractivity (Wildman–Crippen MR) is 46.4 cm³/mol. The van der Waals surface area contributed by atoms with Crippen molar-refractivity contribution in [3.63, 3.8) is 0 Å². The van der Waals surface area contributed by atoms with Crippen LogP contribution < -0.4 is 11.3 Å². The van der Waals surface area contributed by atoms with Crippen LogP contribution in [0.1, 0.15) is 17.4 Å². The molecule has 1 aromatic rings. The van der Waals surface area contributed by atoms with Gasteiger partial charge in [0.2, 0.25) is 0 Å². The first-order valence-electron chi connectivity index (χ1n) is 3.79. The topological polar surface area (TPSA) is 90.1 Å². The van der Waals surface area contributed by atoms with Gasteiger partial charge in [-0.3, -0.25) is 14.6 Å². The minimum atomic E-state index is -0.613. The summed E-state index contributed by atoms with van der Waals surface area (Å²) < 4.78 is 5.80. The molecule has 0 bridgehead atoms. The largest absolute Gasteiger partial charge is 0.461 e. The number of nitrogens with zero attached hydrogens (tertiary/aromatic N) is 1. The summed E-state index contributed by atoms with van der Waals surface area (Å²) in [6.07, 6.45) is 0. The summed E-state index contributed by atoms with van der Waals surface area (Å²) in [5.41, 5.74) is 4.84. The molecule has 0 aliphatic carbocycles. The van der Waals surface area contributed by atoms with Gasteiger partial charge in [-0.15, -0.1) is 0 Å². The predicted octanol–water partition coefficient (Wildman–Crippen LogP) is -0.528. The maximum atomic E-state index is 11.1. The molecular formula is C7H11N3O3. The molecule has 0 spiro atoms. The van der Waals surface area contributed by atoms with E-state index in [-0.39, 0.29) is 18.0 Å². The van der Waals surface area contributed by atoms with E-state index in [0.29, 0.717) is 0 Å². The van der Waals surface area contributed by atoms with E-state index in [9.17, 15) is 9.59 Å². The third-order valence-corrected chi connectivity index (χ3v) is 1.56. The van der Waals surface area contributed by atoms with E-state index in [2.05, 4.69) is 9.84 Å². The summed E-state index contributed by atoms with van der Waals surface area (Å²) in [5.74, 6) is -0.613. The lowest BCUT2D eigenvalue weighted by molar-refractivity contribution is 0.0520. The van der Waals surface area contributed by atoms with Gasteiger partial charge in [0.25, 0.3) is 5.56 Å². The van der Waals surface area contributed by atoms with Gasteiger partial charge in [0, 0.05) is 7.05 Å². The second-order valence-electron chi connectivity index (χ2n) is 2.49. The summed E-state index contributed by atoms with van der Waals surface area (Å²) in [5, 5.41) is 2.50. The molecular weight excluding hydrogens is 174 g/mol. The molecule has 0 saturated heterocycles. The van der Waals surface area contributed by atoms with E-state index >= 15 is 0 Å². The lowest BCUT2D eigenvalue weighted by atomic mass is 10.4. The zero-order valence-electron chi connectivity index (χ0n) is 7.46. The highest BCUT2D eigenvalue weighted by atomic mass is 16.5. The number of anilines is 1. The van der Waals surface area contributed by atoms with Gasteiger partial charge < -0.3 is 10.5 Å². The fourth-order valence-corrected chi connectivity index (χ4v) is 0.925. The first kappa shape index (κ1) is 9.37. The third kappa shape index (κ3) is 1.56. The molecule has 0 saturated carbocycles. The maximum absolute atomic E-state index is 11.1. The highest BCUT2D eigenvalue weighted by molar-refractivity contribution is 5.92. The van der Waals surface area contributed by atoms with Crippen LogP contribution in [-0.4, -0.2) is 22.4 Å². The van der Waals surface area contributed by atoms with Gasteiger partial charge in [0.05, 0.1) is 6.61 Å². The van der Waals surface area contributed by atoms with Crippen LogP contribution in [0.25, 0.3) is 0 Å². The lowest BCUT2D eigenvalue weighted by Gasteiger charge is -1.98. The number of carbonyl (C=O) groups is 1. The molecule has 1 heterocycles. The van der Waals surface area contributed by atoms with Crippen LogP contribution >= 0.6 is 0 Å². The molecule has 0 aliphatic heterocycles. The Labute approximate surface area is 74.3 Å². The van der Waals surface area contributed by atoms with Crippen molar-refractivity contribution in [1.29, 1.82) is 0 Å². The molecule has 6 nitrogen and oxygen atoms in total. The molecule has 0 aliphatic rings. The molecule has 3 N–H and O–H groups in total. The molecule has 0 radical (unpaired) electrons. The average molecular weight is 185 g/mol. The quantitative estimate of drug-likeness (QED) is 0.606. The van der Waals surface area contributed by atoms with E-state index in [4.69, 9.17) is 5.73 Å². The number of hydrogen-bond acceptors (Lipinski definition) is 4.